The van der Waals surface area contributed by atoms with Gasteiger partial charge >= 0.3 is 42.6 Å². The number of benzene rings is 5. The number of hydrogen-bond donors (Lipinski definition) is 3. The molecule has 0 spiro atoms. The van der Waals surface area contributed by atoms with Crippen LogP contribution >= 0.6 is 107 Å². The first-order valence-electron chi connectivity index (χ1n) is 27.5. The second kappa shape index (κ2) is 41.1. The van der Waals surface area contributed by atoms with Gasteiger partial charge in [-0.25, -0.2) is 9.00 Å². The summed E-state index contributed by atoms with van der Waals surface area (Å²) >= 11 is 38.6. The number of carbonyl (C=O) groups excluding carboxylic acids is 4. The summed E-state index contributed by atoms with van der Waals surface area (Å²) in [6, 6.07) is 27.7. The first kappa shape index (κ1) is 78.7. The maximum absolute atomic E-state index is 11.6. The van der Waals surface area contributed by atoms with Crippen LogP contribution in [0.4, 0.5) is 0 Å². The van der Waals surface area contributed by atoms with Crippen molar-refractivity contribution in [1.82, 2.24) is 0 Å². The van der Waals surface area contributed by atoms with Crippen molar-refractivity contribution in [3.63, 3.8) is 0 Å². The minimum atomic E-state index is -1.67. The molecule has 22 heteroatoms. The van der Waals surface area contributed by atoms with Gasteiger partial charge in [-0.3, -0.25) is 19.2 Å². The maximum atomic E-state index is 11.6. The van der Waals surface area contributed by atoms with Crippen LogP contribution in [0.2, 0.25) is 25.1 Å². The average Bonchev–Trinajstić information content (AvgIpc) is 2.66. The van der Waals surface area contributed by atoms with Crippen molar-refractivity contribution in [1.29, 1.82) is 0 Å². The summed E-state index contributed by atoms with van der Waals surface area (Å²) in [5.41, 5.74) is 8.94. The molecule has 0 unspecified atom stereocenters. The van der Waals surface area contributed by atoms with Crippen LogP contribution in [-0.2, 0) is 9.23 Å². The molecule has 5 aromatic carbocycles. The number of rotatable bonds is 10. The molecule has 10 nitrogen and oxygen atoms in total. The Balaban J connectivity index is 0.000000511. The van der Waals surface area contributed by atoms with Crippen LogP contribution in [0, 0.1) is 0 Å². The maximum Gasteiger partial charge on any atom is 1.00 e. The van der Waals surface area contributed by atoms with Gasteiger partial charge in [-0.1, -0.05) is 163 Å². The molecule has 0 amide bonds. The van der Waals surface area contributed by atoms with Gasteiger partial charge in [0.2, 0.25) is 9.23 Å². The van der Waals surface area contributed by atoms with Crippen molar-refractivity contribution in [2.75, 3.05) is 0 Å². The van der Waals surface area contributed by atoms with Gasteiger partial charge in [-0.15, -0.1) is 0 Å². The fourth-order valence-corrected chi connectivity index (χ4v) is 13.5. The molecule has 3 fully saturated rings. The number of carboxylic acids is 1. The van der Waals surface area contributed by atoms with Crippen molar-refractivity contribution >= 4 is 157 Å². The Bertz CT molecular complexity index is 2930. The van der Waals surface area contributed by atoms with E-state index in [2.05, 4.69) is 49.4 Å². The molecule has 0 bridgehead atoms. The third-order valence-corrected chi connectivity index (χ3v) is 17.2. The van der Waals surface area contributed by atoms with E-state index in [-0.39, 0.29) is 53.8 Å². The second-order valence-corrected chi connectivity index (χ2v) is 26.2. The van der Waals surface area contributed by atoms with Gasteiger partial charge in [0, 0.05) is 38.4 Å². The number of aromatic carboxylic acids is 1. The number of Topliss-reactive ketones (excluding diaryl/α,β-unsaturated/α-hetero) is 3. The summed E-state index contributed by atoms with van der Waals surface area (Å²) in [5.74, 6) is 0.578. The Hall–Kier alpha value is -2.38. The van der Waals surface area contributed by atoms with E-state index in [0.29, 0.717) is 65.1 Å². The summed E-state index contributed by atoms with van der Waals surface area (Å²) < 4.78 is 9.83. The minimum Gasteiger partial charge on any atom is -0.870 e. The number of carbonyl (C=O) groups is 5. The average molecular weight is 1420 g/mol. The van der Waals surface area contributed by atoms with Gasteiger partial charge in [-0.2, -0.15) is 0 Å². The third kappa shape index (κ3) is 25.4. The molecular weight excluding hydrogens is 1350 g/mol. The largest absolute Gasteiger partial charge is 1.00 e. The Morgan fingerprint density at radius 2 is 0.859 bits per heavy atom. The van der Waals surface area contributed by atoms with Crippen molar-refractivity contribution in [2.24, 2.45) is 0 Å². The number of ketones is 3. The van der Waals surface area contributed by atoms with Crippen LogP contribution in [0.3, 0.4) is 0 Å². The molecule has 0 aromatic heterocycles. The zero-order valence-electron chi connectivity index (χ0n) is 47.9. The van der Waals surface area contributed by atoms with Gasteiger partial charge in [0.25, 0.3) is 5.24 Å². The number of allylic oxidation sites excluding steroid dienone is 4. The first-order chi connectivity index (χ1) is 39.5. The fraction of sp³-hybridized carbons (Fsp3) is 0.381. The summed E-state index contributed by atoms with van der Waals surface area (Å²) in [6.45, 7) is 4.66. The SMILES string of the molecule is CC(=O)c1c(Cl)cccc1Br.CC(=O)c1c(Cl)cccc1C1=CCCC1.CC(=O)c1c(Cl)cccc1C1CCCC1.O=C(Cl)c1c(Cl)cccc1C1CCCC1.O=C(O)c1c(Cl)cccc1C1CCCC1.O=S(Cl)Cl.OB(O)C1=CCCC1.[HH].[Na+].[OH-]. The van der Waals surface area contributed by atoms with E-state index in [9.17, 15) is 24.0 Å². The Kier molecular flexibility index (Phi) is 38.1. The van der Waals surface area contributed by atoms with E-state index in [1.807, 2.05) is 48.5 Å². The molecule has 5 aliphatic carbocycles. The van der Waals surface area contributed by atoms with Gasteiger partial charge in [0.05, 0.1) is 41.8 Å². The standard InChI is InChI=1S/C13H15ClO.C13H13ClO.C12H12Cl2O.C12H13ClO2.C8H6BrClO.C5H9BO2.Cl2OS.Na.H2O.H2/c2*1-9(15)13-11(7-4-8-12(13)14)10-5-2-3-6-10;2*13-10-7-3-6-9(11(10)12(14)15)8-4-1-2-5-8;1-5(11)8-6(9)3-2-4-7(8)10;7-6(8)5-3-1-2-4-5;1-4(2)3;;;/h4,7-8,10H,2-3,5-6H2,1H3;4-5,7-8H,2-3,6H2,1H3;3,6-8H,1-2,4-5H2;3,6-8H,1-2,4-5H2,(H,14,15);2-4H,1H3;3,7-8H,1-2,4H2;;;1H2;1H/q;;;;;;;+1;;/p-1. The van der Waals surface area contributed by atoms with Crippen molar-refractivity contribution in [3.8, 4) is 0 Å². The van der Waals surface area contributed by atoms with E-state index in [4.69, 9.17) is 89.0 Å². The molecule has 0 radical (unpaired) electrons. The number of halogens is 9. The van der Waals surface area contributed by atoms with Crippen LogP contribution in [0.15, 0.2) is 113 Å². The molecule has 456 valence electrons. The zero-order chi connectivity index (χ0) is 61.3. The van der Waals surface area contributed by atoms with Crippen molar-refractivity contribution < 1.29 is 79.8 Å². The predicted molar refractivity (Wildman–Crippen MR) is 354 cm³/mol. The zero-order valence-corrected chi connectivity index (χ0v) is 58.4. The Morgan fingerprint density at radius 1 is 0.518 bits per heavy atom. The first-order valence-corrected chi connectivity index (χ1v) is 33.3. The predicted octanol–water partition coefficient (Wildman–Crippen LogP) is 17.9. The molecule has 10 rings (SSSR count). The molecule has 5 aromatic rings. The molecule has 0 heterocycles. The number of hydrogen-bond acceptors (Lipinski definition) is 9. The molecule has 0 saturated heterocycles. The molecule has 0 atom stereocenters. The fourth-order valence-electron chi connectivity index (χ4n) is 11.0. The van der Waals surface area contributed by atoms with E-state index in [1.165, 1.54) is 70.3 Å². The molecular formula is C63H71BBrCl8NaO10S. The van der Waals surface area contributed by atoms with Gasteiger partial charge in [0.1, 0.15) is 0 Å². The van der Waals surface area contributed by atoms with Crippen LogP contribution in [0.5, 0.6) is 0 Å². The van der Waals surface area contributed by atoms with E-state index in [1.54, 1.807) is 56.3 Å². The normalized spacial score (nSPS) is 15.0. The molecule has 85 heavy (non-hydrogen) atoms. The summed E-state index contributed by atoms with van der Waals surface area (Å²) in [5, 5.41) is 28.2. The topological polar surface area (TPSA) is 193 Å². The Morgan fingerprint density at radius 3 is 1.19 bits per heavy atom. The molecule has 0 aliphatic heterocycles. The van der Waals surface area contributed by atoms with Gasteiger partial charge < -0.3 is 20.6 Å². The second-order valence-electron chi connectivity index (χ2n) is 20.4. The molecule has 4 N–H and O–H groups in total. The van der Waals surface area contributed by atoms with E-state index in [0.717, 1.165) is 95.5 Å². The van der Waals surface area contributed by atoms with Gasteiger partial charge in [-0.05, 0) is 213 Å². The minimum absolute atomic E-state index is 0. The quantitative estimate of drug-likeness (QED) is 0.0688. The molecule has 5 aliphatic rings. The molecule has 3 saturated carbocycles. The third-order valence-electron chi connectivity index (χ3n) is 14.8. The van der Waals surface area contributed by atoms with Crippen LogP contribution in [0.1, 0.15) is 230 Å². The van der Waals surface area contributed by atoms with E-state index >= 15 is 0 Å². The summed E-state index contributed by atoms with van der Waals surface area (Å²) in [7, 11) is 6.16. The van der Waals surface area contributed by atoms with Crippen LogP contribution in [-0.4, -0.2) is 60.5 Å². The summed E-state index contributed by atoms with van der Waals surface area (Å²) in [6.07, 6.45) is 24.6. The van der Waals surface area contributed by atoms with Crippen molar-refractivity contribution in [3.05, 3.63) is 188 Å². The number of carboxylic acid groups (broad SMARTS) is 1. The summed E-state index contributed by atoms with van der Waals surface area (Å²) in [4.78, 5) is 56.5. The van der Waals surface area contributed by atoms with Crippen molar-refractivity contribution in [2.45, 2.75) is 154 Å². The Labute approximate surface area is 573 Å². The van der Waals surface area contributed by atoms with Gasteiger partial charge in [0.15, 0.2) is 17.3 Å². The van der Waals surface area contributed by atoms with E-state index < -0.39 is 27.6 Å². The van der Waals surface area contributed by atoms with Crippen LogP contribution < -0.4 is 29.6 Å². The smallest absolute Gasteiger partial charge is 0.870 e. The van der Waals surface area contributed by atoms with Crippen LogP contribution in [0.25, 0.3) is 5.57 Å². The monoisotopic (exact) mass is 1410 g/mol.